The quantitative estimate of drug-likeness (QED) is 0.0148. The smallest absolute Gasteiger partial charge is 0.461 e. The number of esters is 2. The van der Waals surface area contributed by atoms with Crippen molar-refractivity contribution in [3.05, 3.63) is 24.3 Å². The van der Waals surface area contributed by atoms with E-state index in [0.29, 0.717) is 24.4 Å². The van der Waals surface area contributed by atoms with Gasteiger partial charge in [-0.3, -0.25) is 0 Å². The molecule has 0 heterocycles. The molecule has 0 saturated heterocycles. The number of quaternary nitrogens is 1. The van der Waals surface area contributed by atoms with Gasteiger partial charge in [0.2, 0.25) is 0 Å². The molecular formula is C44H93Br2N2O10Si2+. The zero-order chi connectivity index (χ0) is 45.4. The van der Waals surface area contributed by atoms with Gasteiger partial charge in [0.15, 0.2) is 0 Å². The summed E-state index contributed by atoms with van der Waals surface area (Å²) in [5, 5.41) is 1.15. The third kappa shape index (κ3) is 40.3. The number of carbonyl (C=O) groups is 2. The van der Waals surface area contributed by atoms with Gasteiger partial charge in [-0.25, -0.2) is 9.59 Å². The van der Waals surface area contributed by atoms with Crippen molar-refractivity contribution in [1.82, 2.24) is 4.90 Å². The van der Waals surface area contributed by atoms with E-state index in [0.717, 1.165) is 54.4 Å². The van der Waals surface area contributed by atoms with Crippen molar-refractivity contribution in [3.63, 3.8) is 0 Å². The third-order valence-electron chi connectivity index (χ3n) is 10.1. The second-order valence-corrected chi connectivity index (χ2v) is 23.1. The Morgan fingerprint density at radius 1 is 0.517 bits per heavy atom. The molecule has 60 heavy (non-hydrogen) atoms. The second-order valence-electron chi connectivity index (χ2n) is 16.2. The van der Waals surface area contributed by atoms with Gasteiger partial charge in [0.05, 0.1) is 20.6 Å². The molecule has 0 spiro atoms. The number of hydrogen-bond acceptors (Lipinski definition) is 11. The number of halogens is 2. The summed E-state index contributed by atoms with van der Waals surface area (Å²) in [6.07, 6.45) is 23.2. The highest BCUT2D eigenvalue weighted by Crippen LogP contribution is 2.20. The van der Waals surface area contributed by atoms with Gasteiger partial charge in [0.1, 0.15) is 19.8 Å². The molecule has 0 aliphatic rings. The van der Waals surface area contributed by atoms with Crippen molar-refractivity contribution in [2.24, 2.45) is 0 Å². The number of hydrogen-bond donors (Lipinski definition) is 0. The van der Waals surface area contributed by atoms with Crippen LogP contribution in [-0.2, 0) is 45.6 Å². The average molecular weight is 1030 g/mol. The predicted octanol–water partition coefficient (Wildman–Crippen LogP) is 10.6. The molecule has 0 saturated carbocycles. The molecular weight excluding hydrogens is 932 g/mol. The van der Waals surface area contributed by atoms with E-state index in [-0.39, 0.29) is 28.9 Å². The van der Waals surface area contributed by atoms with Crippen molar-refractivity contribution >= 4 is 62.5 Å². The summed E-state index contributed by atoms with van der Waals surface area (Å²) >= 11 is 3.47. The lowest BCUT2D eigenvalue weighted by atomic mass is 10.1. The summed E-state index contributed by atoms with van der Waals surface area (Å²) in [5.41, 5.74) is 0.911. The van der Waals surface area contributed by atoms with Crippen LogP contribution in [0.2, 0.25) is 12.1 Å². The number of rotatable bonds is 37. The molecule has 0 aliphatic carbocycles. The summed E-state index contributed by atoms with van der Waals surface area (Å²) in [4.78, 5) is 24.1. The number of carbonyl (C=O) groups excluding carboxylic acids is 2. The molecule has 12 nitrogen and oxygen atoms in total. The topological polar surface area (TPSA) is 111 Å². The summed E-state index contributed by atoms with van der Waals surface area (Å²) in [5.74, 6) is -0.602. The molecule has 0 N–H and O–H groups in total. The first kappa shape index (κ1) is 66.1. The largest absolute Gasteiger partial charge is 0.500 e. The van der Waals surface area contributed by atoms with Crippen LogP contribution >= 0.6 is 32.9 Å². The molecule has 0 bridgehead atoms. The number of likely N-dealkylation sites (N-methyl/N-ethyl adjacent to an activating group) is 2. The molecule has 0 aromatic carbocycles. The van der Waals surface area contributed by atoms with Gasteiger partial charge in [-0.1, -0.05) is 113 Å². The third-order valence-corrected chi connectivity index (χ3v) is 16.4. The predicted molar refractivity (Wildman–Crippen MR) is 262 cm³/mol. The van der Waals surface area contributed by atoms with E-state index in [1.165, 1.54) is 103 Å². The SMILES string of the molecule is Br.C=C(C)C(=O)OCCN(C)C.C=C(C)C(=O)OCC[N+](C)(C)CCCCCCCCCCC[Si](OC)(OC)OC.CO[Si](CCCCCCCCCCCBr)(OC)OC. The molecule has 0 atom stereocenters. The Bertz CT molecular complexity index is 1020. The Morgan fingerprint density at radius 2 is 0.817 bits per heavy atom. The van der Waals surface area contributed by atoms with Gasteiger partial charge in [0, 0.05) is 77.8 Å². The van der Waals surface area contributed by atoms with Crippen LogP contribution in [0.4, 0.5) is 0 Å². The monoisotopic (exact) mass is 1020 g/mol. The minimum Gasteiger partial charge on any atom is -0.461 e. The van der Waals surface area contributed by atoms with Gasteiger partial charge in [-0.05, 0) is 60.0 Å². The first-order chi connectivity index (χ1) is 28.0. The Labute approximate surface area is 390 Å². The Kier molecular flexibility index (Phi) is 48.2. The molecule has 16 heteroatoms. The van der Waals surface area contributed by atoms with Crippen LogP contribution in [0.3, 0.4) is 0 Å². The summed E-state index contributed by atoms with van der Waals surface area (Å²) < 4.78 is 43.5. The van der Waals surface area contributed by atoms with E-state index in [2.05, 4.69) is 43.2 Å². The lowest BCUT2D eigenvalue weighted by Crippen LogP contribution is -2.43. The normalized spacial score (nSPS) is 11.5. The van der Waals surface area contributed by atoms with Crippen LogP contribution in [0.1, 0.15) is 129 Å². The Morgan fingerprint density at radius 3 is 1.12 bits per heavy atom. The number of nitrogens with zero attached hydrogens (tertiary/aromatic N) is 2. The van der Waals surface area contributed by atoms with Crippen LogP contribution in [-0.4, -0.2) is 148 Å². The van der Waals surface area contributed by atoms with Gasteiger partial charge in [0.25, 0.3) is 0 Å². The van der Waals surface area contributed by atoms with Crippen molar-refractivity contribution in [1.29, 1.82) is 0 Å². The van der Waals surface area contributed by atoms with E-state index in [1.54, 1.807) is 56.5 Å². The lowest BCUT2D eigenvalue weighted by Gasteiger charge is -2.29. The summed E-state index contributed by atoms with van der Waals surface area (Å²) in [6, 6.07) is 1.83. The minimum atomic E-state index is -2.37. The van der Waals surface area contributed by atoms with Gasteiger partial charge >= 0.3 is 29.5 Å². The van der Waals surface area contributed by atoms with Gasteiger partial charge in [-0.15, -0.1) is 17.0 Å². The average Bonchev–Trinajstić information content (AvgIpc) is 3.21. The maximum absolute atomic E-state index is 11.4. The number of alkyl halides is 1. The van der Waals surface area contributed by atoms with E-state index in [1.807, 2.05) is 19.0 Å². The standard InChI is InChI=1S/C22H46NO5Si.C14H31BrO3Si.C8H15NO2.BrH/c1-21(2)22(24)28-19-18-23(3,4)17-15-13-11-9-8-10-12-14-16-20-29(25-5,26-6)27-7;1-16-19(17-2,18-3)14-12-10-8-6-4-5-7-9-11-13-15;1-7(2)8(10)11-6-5-9(3)4;/h1,8-20H2,2-7H3;4-14H2,1-3H3;1,5-6H2,2-4H3;1H/q+1;;;. The molecule has 0 rings (SSSR count). The van der Waals surface area contributed by atoms with Crippen LogP contribution in [0.15, 0.2) is 24.3 Å². The second kappa shape index (κ2) is 43.7. The first-order valence-corrected chi connectivity index (χ1v) is 27.0. The maximum atomic E-state index is 11.4. The van der Waals surface area contributed by atoms with Gasteiger partial charge in [-0.2, -0.15) is 0 Å². The first-order valence-electron chi connectivity index (χ1n) is 22.0. The molecule has 0 amide bonds. The van der Waals surface area contributed by atoms with Gasteiger partial charge < -0.3 is 45.4 Å². The van der Waals surface area contributed by atoms with Crippen LogP contribution < -0.4 is 0 Å². The van der Waals surface area contributed by atoms with E-state index >= 15 is 0 Å². The fraction of sp³-hybridized carbons (Fsp3) is 0.864. The molecule has 0 fully saturated rings. The highest BCUT2D eigenvalue weighted by Gasteiger charge is 2.37. The zero-order valence-corrected chi connectivity index (χ0v) is 45.9. The molecule has 360 valence electrons. The lowest BCUT2D eigenvalue weighted by molar-refractivity contribution is -0.890. The fourth-order valence-corrected chi connectivity index (χ4v) is 9.96. The summed E-state index contributed by atoms with van der Waals surface area (Å²) in [7, 11) is 13.7. The van der Waals surface area contributed by atoms with E-state index in [4.69, 9.17) is 36.0 Å². The maximum Gasteiger partial charge on any atom is 0.500 e. The highest BCUT2D eigenvalue weighted by atomic mass is 79.9. The van der Waals surface area contributed by atoms with Crippen molar-refractivity contribution in [2.75, 3.05) is 109 Å². The fourth-order valence-electron chi connectivity index (χ4n) is 5.97. The van der Waals surface area contributed by atoms with Crippen molar-refractivity contribution in [2.45, 2.75) is 142 Å². The zero-order valence-electron chi connectivity index (χ0n) is 40.6. The van der Waals surface area contributed by atoms with Crippen molar-refractivity contribution < 1.29 is 50.1 Å². The minimum absolute atomic E-state index is 0. The number of ether oxygens (including phenoxy) is 2. The molecule has 0 aliphatic heterocycles. The molecule has 0 unspecified atom stereocenters. The van der Waals surface area contributed by atoms with Crippen LogP contribution in [0.5, 0.6) is 0 Å². The molecule has 0 aromatic heterocycles. The number of unbranched alkanes of at least 4 members (excludes halogenated alkanes) is 16. The molecule has 0 aromatic rings. The van der Waals surface area contributed by atoms with Crippen molar-refractivity contribution in [3.8, 4) is 0 Å². The highest BCUT2D eigenvalue weighted by molar-refractivity contribution is 9.09. The van der Waals surface area contributed by atoms with Crippen LogP contribution in [0, 0.1) is 0 Å². The van der Waals surface area contributed by atoms with E-state index in [9.17, 15) is 9.59 Å². The van der Waals surface area contributed by atoms with Crippen LogP contribution in [0.25, 0.3) is 0 Å². The Balaban J connectivity index is -0.000000433. The molecule has 0 radical (unpaired) electrons. The Hall–Kier alpha value is -0.506. The summed E-state index contributed by atoms with van der Waals surface area (Å²) in [6.45, 7) is 14.0. The van der Waals surface area contributed by atoms with E-state index < -0.39 is 17.6 Å².